The molecule has 0 unspecified atom stereocenters. The van der Waals surface area contributed by atoms with E-state index in [0.29, 0.717) is 12.5 Å². The minimum absolute atomic E-state index is 0.0206. The highest BCUT2D eigenvalue weighted by molar-refractivity contribution is 5.92. The number of methoxy groups -OCH3 is 1. The van der Waals surface area contributed by atoms with Crippen molar-refractivity contribution in [1.82, 2.24) is 9.88 Å². The van der Waals surface area contributed by atoms with Crippen LogP contribution in [0.15, 0.2) is 85.1 Å². The summed E-state index contributed by atoms with van der Waals surface area (Å²) in [6, 6.07) is 27.1. The molecule has 0 saturated carbocycles. The number of ether oxygens (including phenoxy) is 1. The van der Waals surface area contributed by atoms with Crippen LogP contribution in [-0.4, -0.2) is 43.3 Å². The number of hydrogen-bond donors (Lipinski definition) is 2. The van der Waals surface area contributed by atoms with Crippen molar-refractivity contribution >= 4 is 28.2 Å². The zero-order valence-corrected chi connectivity index (χ0v) is 20.8. The van der Waals surface area contributed by atoms with Gasteiger partial charge in [-0.05, 0) is 72.3 Å². The topological polar surface area (TPSA) is 58.5 Å². The second kappa shape index (κ2) is 11.3. The van der Waals surface area contributed by atoms with E-state index in [2.05, 4.69) is 68.8 Å². The summed E-state index contributed by atoms with van der Waals surface area (Å²) in [6.07, 6.45) is 4.78. The maximum atomic E-state index is 12.4. The van der Waals surface area contributed by atoms with Gasteiger partial charge >= 0.3 is 0 Å². The van der Waals surface area contributed by atoms with Gasteiger partial charge < -0.3 is 24.8 Å². The SMILES string of the molecule is COc1ccc(CC(=O)Nc2ccc(N3CCC(NCCn4ccc5ccccc54)CC3)cc2)cc1. The lowest BCUT2D eigenvalue weighted by molar-refractivity contribution is -0.115. The van der Waals surface area contributed by atoms with Crippen molar-refractivity contribution in [3.63, 3.8) is 0 Å². The van der Waals surface area contributed by atoms with Crippen LogP contribution in [0.25, 0.3) is 10.9 Å². The first-order chi connectivity index (χ1) is 17.7. The Balaban J connectivity index is 1.05. The maximum Gasteiger partial charge on any atom is 0.228 e. The fourth-order valence-corrected chi connectivity index (χ4v) is 4.96. The number of fused-ring (bicyclic) bond motifs is 1. The number of anilines is 2. The number of hydrogen-bond acceptors (Lipinski definition) is 4. The predicted octanol–water partition coefficient (Wildman–Crippen LogP) is 5.09. The Hall–Kier alpha value is -3.77. The molecule has 0 aliphatic carbocycles. The molecule has 1 aliphatic heterocycles. The smallest absolute Gasteiger partial charge is 0.228 e. The Kier molecular flexibility index (Phi) is 7.52. The molecule has 1 aromatic heterocycles. The van der Waals surface area contributed by atoms with Crippen LogP contribution in [0, 0.1) is 0 Å². The lowest BCUT2D eigenvalue weighted by Crippen LogP contribution is -2.43. The fourth-order valence-electron chi connectivity index (χ4n) is 4.96. The van der Waals surface area contributed by atoms with Crippen LogP contribution < -0.4 is 20.3 Å². The largest absolute Gasteiger partial charge is 0.497 e. The zero-order chi connectivity index (χ0) is 24.7. The van der Waals surface area contributed by atoms with Crippen LogP contribution in [-0.2, 0) is 17.8 Å². The van der Waals surface area contributed by atoms with Gasteiger partial charge in [-0.15, -0.1) is 0 Å². The molecule has 0 bridgehead atoms. The average Bonchev–Trinajstić information content (AvgIpc) is 3.33. The molecule has 6 nitrogen and oxygen atoms in total. The summed E-state index contributed by atoms with van der Waals surface area (Å²) >= 11 is 0. The summed E-state index contributed by atoms with van der Waals surface area (Å²) in [5, 5.41) is 8.05. The molecule has 0 atom stereocenters. The quantitative estimate of drug-likeness (QED) is 0.349. The van der Waals surface area contributed by atoms with Crippen LogP contribution >= 0.6 is 0 Å². The Morgan fingerprint density at radius 2 is 1.69 bits per heavy atom. The summed E-state index contributed by atoms with van der Waals surface area (Å²) in [7, 11) is 1.64. The Labute approximate surface area is 212 Å². The average molecular weight is 483 g/mol. The molecule has 1 amide bonds. The molecule has 0 radical (unpaired) electrons. The molecule has 1 aliphatic rings. The van der Waals surface area contributed by atoms with Gasteiger partial charge in [-0.3, -0.25) is 4.79 Å². The summed E-state index contributed by atoms with van der Waals surface area (Å²) in [5.74, 6) is 0.771. The number of nitrogens with zero attached hydrogens (tertiary/aromatic N) is 2. The highest BCUT2D eigenvalue weighted by atomic mass is 16.5. The zero-order valence-electron chi connectivity index (χ0n) is 20.8. The second-order valence-corrected chi connectivity index (χ2v) is 9.40. The number of carbonyl (C=O) groups excluding carboxylic acids is 1. The van der Waals surface area contributed by atoms with E-state index in [1.807, 2.05) is 36.4 Å². The minimum atomic E-state index is -0.0206. The lowest BCUT2D eigenvalue weighted by Gasteiger charge is -2.34. The number of amides is 1. The summed E-state index contributed by atoms with van der Waals surface area (Å²) < 4.78 is 7.50. The molecule has 2 N–H and O–H groups in total. The van der Waals surface area contributed by atoms with Gasteiger partial charge in [-0.1, -0.05) is 30.3 Å². The van der Waals surface area contributed by atoms with E-state index in [1.54, 1.807) is 7.11 Å². The summed E-state index contributed by atoms with van der Waals surface area (Å²) in [4.78, 5) is 14.9. The van der Waals surface area contributed by atoms with Gasteiger partial charge in [0.2, 0.25) is 5.91 Å². The van der Waals surface area contributed by atoms with Crippen molar-refractivity contribution in [2.45, 2.75) is 31.8 Å². The van der Waals surface area contributed by atoms with E-state index < -0.39 is 0 Å². The number of aromatic nitrogens is 1. The molecular formula is C30H34N4O2. The number of piperidine rings is 1. The highest BCUT2D eigenvalue weighted by Gasteiger charge is 2.19. The van der Waals surface area contributed by atoms with Gasteiger partial charge in [0.05, 0.1) is 13.5 Å². The second-order valence-electron chi connectivity index (χ2n) is 9.40. The van der Waals surface area contributed by atoms with Gasteiger partial charge in [-0.25, -0.2) is 0 Å². The first kappa shape index (κ1) is 23.9. The van der Waals surface area contributed by atoms with Gasteiger partial charge in [0.15, 0.2) is 0 Å². The van der Waals surface area contributed by atoms with E-state index >= 15 is 0 Å². The van der Waals surface area contributed by atoms with E-state index in [-0.39, 0.29) is 5.91 Å². The van der Waals surface area contributed by atoms with E-state index in [0.717, 1.165) is 56.0 Å². The highest BCUT2D eigenvalue weighted by Crippen LogP contribution is 2.23. The van der Waals surface area contributed by atoms with E-state index in [9.17, 15) is 4.79 Å². The van der Waals surface area contributed by atoms with Crippen molar-refractivity contribution in [3.8, 4) is 5.75 Å². The fraction of sp³-hybridized carbons (Fsp3) is 0.300. The molecule has 3 aromatic carbocycles. The Morgan fingerprint density at radius 1 is 0.944 bits per heavy atom. The van der Waals surface area contributed by atoms with E-state index in [4.69, 9.17) is 4.74 Å². The minimum Gasteiger partial charge on any atom is -0.497 e. The molecule has 36 heavy (non-hydrogen) atoms. The molecule has 5 rings (SSSR count). The van der Waals surface area contributed by atoms with Crippen LogP contribution in [0.1, 0.15) is 18.4 Å². The standard InChI is InChI=1S/C30H34N4O2/c1-36-28-12-6-23(7-13-28)22-30(35)32-26-8-10-27(11-9-26)33-19-15-25(16-20-33)31-17-21-34-18-14-24-4-2-3-5-29(24)34/h2-14,18,25,31H,15-17,19-22H2,1H3,(H,32,35). The third-order valence-corrected chi connectivity index (χ3v) is 7.00. The number of para-hydroxylation sites is 1. The first-order valence-corrected chi connectivity index (χ1v) is 12.7. The summed E-state index contributed by atoms with van der Waals surface area (Å²) in [5.41, 5.74) is 4.30. The molecule has 2 heterocycles. The monoisotopic (exact) mass is 482 g/mol. The maximum absolute atomic E-state index is 12.4. The van der Waals surface area contributed by atoms with Crippen LogP contribution in [0.5, 0.6) is 5.75 Å². The third kappa shape index (κ3) is 5.89. The van der Waals surface area contributed by atoms with Crippen LogP contribution in [0.3, 0.4) is 0 Å². The number of benzene rings is 3. The van der Waals surface area contributed by atoms with Crippen molar-refractivity contribution in [2.24, 2.45) is 0 Å². The Bertz CT molecular complexity index is 1270. The molecule has 0 spiro atoms. The van der Waals surface area contributed by atoms with Crippen LogP contribution in [0.4, 0.5) is 11.4 Å². The van der Waals surface area contributed by atoms with Gasteiger partial charge in [0.1, 0.15) is 5.75 Å². The molecule has 4 aromatic rings. The molecule has 1 saturated heterocycles. The molecular weight excluding hydrogens is 448 g/mol. The van der Waals surface area contributed by atoms with Crippen molar-refractivity contribution < 1.29 is 9.53 Å². The first-order valence-electron chi connectivity index (χ1n) is 12.7. The predicted molar refractivity (Wildman–Crippen MR) is 147 cm³/mol. The third-order valence-electron chi connectivity index (χ3n) is 7.00. The molecule has 186 valence electrons. The lowest BCUT2D eigenvalue weighted by atomic mass is 10.0. The normalized spacial score (nSPS) is 14.2. The van der Waals surface area contributed by atoms with Gasteiger partial charge in [0, 0.05) is 55.3 Å². The number of carbonyl (C=O) groups is 1. The van der Waals surface area contributed by atoms with Crippen LogP contribution in [0.2, 0.25) is 0 Å². The Morgan fingerprint density at radius 3 is 2.44 bits per heavy atom. The van der Waals surface area contributed by atoms with E-state index in [1.165, 1.54) is 16.6 Å². The number of nitrogens with one attached hydrogen (secondary N) is 2. The summed E-state index contributed by atoms with van der Waals surface area (Å²) in [6.45, 7) is 4.04. The molecule has 6 heteroatoms. The van der Waals surface area contributed by atoms with Gasteiger partial charge in [-0.2, -0.15) is 0 Å². The number of rotatable bonds is 9. The van der Waals surface area contributed by atoms with Gasteiger partial charge in [0.25, 0.3) is 0 Å². The van der Waals surface area contributed by atoms with Crippen molar-refractivity contribution in [1.29, 1.82) is 0 Å². The van der Waals surface area contributed by atoms with Crippen molar-refractivity contribution in [2.75, 3.05) is 37.0 Å². The van der Waals surface area contributed by atoms with Crippen molar-refractivity contribution in [3.05, 3.63) is 90.6 Å². The molecule has 1 fully saturated rings.